The summed E-state index contributed by atoms with van der Waals surface area (Å²) in [4.78, 5) is 20.8. The van der Waals surface area contributed by atoms with Crippen molar-refractivity contribution in [3.8, 4) is 5.75 Å². The third-order valence-electron chi connectivity index (χ3n) is 2.43. The molecule has 0 saturated heterocycles. The number of carboxylic acids is 1. The molecule has 0 saturated carbocycles. The molecular formula is C11H14N2O5. The van der Waals surface area contributed by atoms with Crippen molar-refractivity contribution in [3.63, 3.8) is 0 Å². The second kappa shape index (κ2) is 5.46. The summed E-state index contributed by atoms with van der Waals surface area (Å²) in [6.07, 6.45) is 0. The zero-order valence-corrected chi connectivity index (χ0v) is 10.0. The lowest BCUT2D eigenvalue weighted by Gasteiger charge is -2.12. The van der Waals surface area contributed by atoms with Gasteiger partial charge in [0.15, 0.2) is 0 Å². The monoisotopic (exact) mass is 254 g/mol. The highest BCUT2D eigenvalue weighted by molar-refractivity contribution is 5.73. The van der Waals surface area contributed by atoms with Crippen LogP contribution >= 0.6 is 0 Å². The van der Waals surface area contributed by atoms with E-state index in [9.17, 15) is 14.9 Å². The molecule has 1 atom stereocenters. The third-order valence-corrected chi connectivity index (χ3v) is 2.43. The highest BCUT2D eigenvalue weighted by atomic mass is 16.6. The third kappa shape index (κ3) is 3.17. The van der Waals surface area contributed by atoms with Crippen LogP contribution in [0.25, 0.3) is 0 Å². The van der Waals surface area contributed by atoms with Gasteiger partial charge in [-0.1, -0.05) is 0 Å². The number of carboxylic acid groups (broad SMARTS) is 1. The van der Waals surface area contributed by atoms with Crippen LogP contribution in [0.5, 0.6) is 5.75 Å². The summed E-state index contributed by atoms with van der Waals surface area (Å²) in [5.74, 6) is -0.763. The summed E-state index contributed by atoms with van der Waals surface area (Å²) in [6.45, 7) is 3.04. The Morgan fingerprint density at radius 1 is 1.50 bits per heavy atom. The normalized spacial score (nSPS) is 11.9. The van der Waals surface area contributed by atoms with Crippen molar-refractivity contribution in [1.29, 1.82) is 0 Å². The van der Waals surface area contributed by atoms with Crippen molar-refractivity contribution in [1.82, 2.24) is 0 Å². The SMILES string of the molecule is Cc1cc([N+](=O)[O-])c(C)cc1OCC(N)C(=O)O. The molecule has 0 radical (unpaired) electrons. The van der Waals surface area contributed by atoms with E-state index in [-0.39, 0.29) is 12.3 Å². The average molecular weight is 254 g/mol. The molecule has 7 nitrogen and oxygen atoms in total. The molecule has 1 aromatic carbocycles. The van der Waals surface area contributed by atoms with E-state index >= 15 is 0 Å². The number of nitrogens with zero attached hydrogens (tertiary/aromatic N) is 1. The van der Waals surface area contributed by atoms with E-state index in [1.54, 1.807) is 13.8 Å². The molecule has 0 spiro atoms. The second-order valence-corrected chi connectivity index (χ2v) is 3.92. The van der Waals surface area contributed by atoms with Crippen LogP contribution < -0.4 is 10.5 Å². The van der Waals surface area contributed by atoms with Gasteiger partial charge in [-0.15, -0.1) is 0 Å². The number of hydrogen-bond donors (Lipinski definition) is 2. The van der Waals surface area contributed by atoms with Crippen molar-refractivity contribution in [2.75, 3.05) is 6.61 Å². The second-order valence-electron chi connectivity index (χ2n) is 3.92. The van der Waals surface area contributed by atoms with Gasteiger partial charge in [0.1, 0.15) is 18.4 Å². The topological polar surface area (TPSA) is 116 Å². The summed E-state index contributed by atoms with van der Waals surface area (Å²) in [5.41, 5.74) is 6.31. The number of nitro benzene ring substituents is 1. The predicted octanol–water partition coefficient (Wildman–Crippen LogP) is 1.00. The van der Waals surface area contributed by atoms with Crippen LogP contribution in [-0.4, -0.2) is 28.6 Å². The molecule has 0 fully saturated rings. The van der Waals surface area contributed by atoms with Gasteiger partial charge < -0.3 is 15.6 Å². The number of rotatable bonds is 5. The summed E-state index contributed by atoms with van der Waals surface area (Å²) >= 11 is 0. The number of benzene rings is 1. The van der Waals surface area contributed by atoms with Gasteiger partial charge in [-0.25, -0.2) is 0 Å². The van der Waals surface area contributed by atoms with Crippen LogP contribution in [0, 0.1) is 24.0 Å². The van der Waals surface area contributed by atoms with Gasteiger partial charge in [0.05, 0.1) is 4.92 Å². The van der Waals surface area contributed by atoms with Crippen molar-refractivity contribution >= 4 is 11.7 Å². The Morgan fingerprint density at radius 3 is 2.61 bits per heavy atom. The van der Waals surface area contributed by atoms with Crippen LogP contribution in [0.3, 0.4) is 0 Å². The number of hydrogen-bond acceptors (Lipinski definition) is 5. The molecule has 18 heavy (non-hydrogen) atoms. The van der Waals surface area contributed by atoms with E-state index in [2.05, 4.69) is 0 Å². The molecule has 7 heteroatoms. The molecule has 1 unspecified atom stereocenters. The molecule has 0 heterocycles. The van der Waals surface area contributed by atoms with Crippen molar-refractivity contribution in [2.24, 2.45) is 5.73 Å². The Bertz CT molecular complexity index is 487. The lowest BCUT2D eigenvalue weighted by Crippen LogP contribution is -2.36. The summed E-state index contributed by atoms with van der Waals surface area (Å²) in [6, 6.07) is 1.76. The van der Waals surface area contributed by atoms with E-state index in [1.807, 2.05) is 0 Å². The quantitative estimate of drug-likeness (QED) is 0.598. The molecule has 0 aliphatic rings. The molecule has 0 aliphatic heterocycles. The number of nitro groups is 1. The van der Waals surface area contributed by atoms with Gasteiger partial charge in [-0.3, -0.25) is 14.9 Å². The van der Waals surface area contributed by atoms with Gasteiger partial charge in [-0.2, -0.15) is 0 Å². The molecule has 0 bridgehead atoms. The van der Waals surface area contributed by atoms with Crippen LogP contribution in [0.2, 0.25) is 0 Å². The van der Waals surface area contributed by atoms with Crippen molar-refractivity contribution < 1.29 is 19.6 Å². The van der Waals surface area contributed by atoms with E-state index in [0.717, 1.165) is 0 Å². The Labute approximate surface area is 103 Å². The van der Waals surface area contributed by atoms with Crippen LogP contribution in [0.1, 0.15) is 11.1 Å². The molecule has 0 aliphatic carbocycles. The number of aliphatic carboxylic acids is 1. The van der Waals surface area contributed by atoms with Gasteiger partial charge >= 0.3 is 5.97 Å². The Morgan fingerprint density at radius 2 is 2.11 bits per heavy atom. The molecule has 3 N–H and O–H groups in total. The molecular weight excluding hydrogens is 240 g/mol. The van der Waals surface area contributed by atoms with E-state index in [0.29, 0.717) is 16.9 Å². The van der Waals surface area contributed by atoms with Crippen LogP contribution in [0.15, 0.2) is 12.1 Å². The highest BCUT2D eigenvalue weighted by Crippen LogP contribution is 2.27. The minimum Gasteiger partial charge on any atom is -0.491 e. The zero-order chi connectivity index (χ0) is 13.9. The molecule has 1 rings (SSSR count). The maximum Gasteiger partial charge on any atom is 0.324 e. The Kier molecular flexibility index (Phi) is 4.22. The fourth-order valence-corrected chi connectivity index (χ4v) is 1.38. The van der Waals surface area contributed by atoms with E-state index < -0.39 is 16.9 Å². The number of carbonyl (C=O) groups is 1. The van der Waals surface area contributed by atoms with Gasteiger partial charge in [-0.05, 0) is 25.5 Å². The fourth-order valence-electron chi connectivity index (χ4n) is 1.38. The van der Waals surface area contributed by atoms with Gasteiger partial charge in [0, 0.05) is 11.6 Å². The minimum atomic E-state index is -1.16. The lowest BCUT2D eigenvalue weighted by molar-refractivity contribution is -0.385. The van der Waals surface area contributed by atoms with Crippen molar-refractivity contribution in [2.45, 2.75) is 19.9 Å². The first-order valence-electron chi connectivity index (χ1n) is 5.19. The average Bonchev–Trinajstić information content (AvgIpc) is 2.28. The first kappa shape index (κ1) is 13.9. The van der Waals surface area contributed by atoms with Gasteiger partial charge in [0.2, 0.25) is 0 Å². The standard InChI is InChI=1S/C11H14N2O5/c1-6-4-10(18-5-8(12)11(14)15)7(2)3-9(6)13(16)17/h3-4,8H,5,12H2,1-2H3,(H,14,15). The van der Waals surface area contributed by atoms with Gasteiger partial charge in [0.25, 0.3) is 5.69 Å². The molecule has 1 aromatic rings. The van der Waals surface area contributed by atoms with E-state index in [1.165, 1.54) is 12.1 Å². The highest BCUT2D eigenvalue weighted by Gasteiger charge is 2.16. The molecule has 98 valence electrons. The first-order chi connectivity index (χ1) is 8.32. The number of ether oxygens (including phenoxy) is 1. The first-order valence-corrected chi connectivity index (χ1v) is 5.19. The van der Waals surface area contributed by atoms with E-state index in [4.69, 9.17) is 15.6 Å². The Balaban J connectivity index is 2.88. The fraction of sp³-hybridized carbons (Fsp3) is 0.364. The largest absolute Gasteiger partial charge is 0.491 e. The smallest absolute Gasteiger partial charge is 0.324 e. The Hall–Kier alpha value is -2.15. The summed E-state index contributed by atoms with van der Waals surface area (Å²) < 4.78 is 5.25. The maximum absolute atomic E-state index is 10.7. The van der Waals surface area contributed by atoms with Crippen LogP contribution in [0.4, 0.5) is 5.69 Å². The number of aryl methyl sites for hydroxylation is 2. The minimum absolute atomic E-state index is 0.00221. The summed E-state index contributed by atoms with van der Waals surface area (Å²) in [5, 5.41) is 19.3. The van der Waals surface area contributed by atoms with Crippen molar-refractivity contribution in [3.05, 3.63) is 33.4 Å². The molecule has 0 amide bonds. The summed E-state index contributed by atoms with van der Waals surface area (Å²) in [7, 11) is 0. The molecule has 0 aromatic heterocycles. The predicted molar refractivity (Wildman–Crippen MR) is 63.7 cm³/mol. The lowest BCUT2D eigenvalue weighted by atomic mass is 10.1. The number of nitrogens with two attached hydrogens (primary N) is 1. The zero-order valence-electron chi connectivity index (χ0n) is 10.0. The maximum atomic E-state index is 10.7. The van der Waals surface area contributed by atoms with Crippen LogP contribution in [-0.2, 0) is 4.79 Å².